The van der Waals surface area contributed by atoms with Crippen LogP contribution in [0.25, 0.3) is 0 Å². The van der Waals surface area contributed by atoms with Crippen molar-refractivity contribution in [1.29, 1.82) is 0 Å². The largest absolute Gasteiger partial charge is 0.462 e. The van der Waals surface area contributed by atoms with Crippen LogP contribution in [0, 0.1) is 0 Å². The van der Waals surface area contributed by atoms with Crippen LogP contribution in [-0.4, -0.2) is 37.7 Å². The van der Waals surface area contributed by atoms with Crippen molar-refractivity contribution in [3.63, 3.8) is 0 Å². The van der Waals surface area contributed by atoms with Crippen LogP contribution in [0.4, 0.5) is 0 Å². The second kappa shape index (κ2) is 7.65. The Morgan fingerprint density at radius 3 is 2.27 bits per heavy atom. The van der Waals surface area contributed by atoms with Crippen LogP contribution in [-0.2, 0) is 9.53 Å². The molecule has 4 heteroatoms. The zero-order valence-electron chi connectivity index (χ0n) is 10.3. The molecule has 1 aliphatic heterocycles. The number of hydrogen-bond donors (Lipinski definition) is 2. The molecular formula is C11H24N2O2. The lowest BCUT2D eigenvalue weighted by molar-refractivity contribution is -0.138. The van der Waals surface area contributed by atoms with Crippen LogP contribution in [0.15, 0.2) is 0 Å². The van der Waals surface area contributed by atoms with E-state index in [4.69, 9.17) is 0 Å². The SMILES string of the molecule is CC(C)(C)OC=O.CC[C@@H]1CNCCN1. The van der Waals surface area contributed by atoms with Gasteiger partial charge in [-0.15, -0.1) is 0 Å². The summed E-state index contributed by atoms with van der Waals surface area (Å²) < 4.78 is 4.55. The average molecular weight is 216 g/mol. The standard InChI is InChI=1S/C6H14N2.C5H10O2/c1-2-6-5-7-3-4-8-6;1-5(2,3)7-4-6/h6-8H,2-5H2,1H3;4H,1-3H3/t6-;/m1./s1. The number of hydrogen-bond acceptors (Lipinski definition) is 4. The van der Waals surface area contributed by atoms with Crippen molar-refractivity contribution in [2.45, 2.75) is 45.8 Å². The van der Waals surface area contributed by atoms with Gasteiger partial charge < -0.3 is 15.4 Å². The van der Waals surface area contributed by atoms with Gasteiger partial charge in [-0.3, -0.25) is 4.79 Å². The Morgan fingerprint density at radius 1 is 1.40 bits per heavy atom. The van der Waals surface area contributed by atoms with Crippen LogP contribution >= 0.6 is 0 Å². The van der Waals surface area contributed by atoms with E-state index in [1.165, 1.54) is 6.42 Å². The summed E-state index contributed by atoms with van der Waals surface area (Å²) in [5.74, 6) is 0. The molecule has 0 aromatic heterocycles. The third kappa shape index (κ3) is 9.69. The van der Waals surface area contributed by atoms with Crippen LogP contribution in [0.5, 0.6) is 0 Å². The number of carbonyl (C=O) groups is 1. The Labute approximate surface area is 92.8 Å². The van der Waals surface area contributed by atoms with E-state index in [2.05, 4.69) is 22.3 Å². The number of piperazine rings is 1. The second-order valence-electron chi connectivity index (χ2n) is 4.59. The third-order valence-corrected chi connectivity index (χ3v) is 2.02. The lowest BCUT2D eigenvalue weighted by Crippen LogP contribution is -2.47. The Morgan fingerprint density at radius 2 is 2.07 bits per heavy atom. The molecule has 0 aromatic rings. The van der Waals surface area contributed by atoms with Crippen LogP contribution < -0.4 is 10.6 Å². The highest BCUT2D eigenvalue weighted by Crippen LogP contribution is 2.02. The molecule has 1 fully saturated rings. The summed E-state index contributed by atoms with van der Waals surface area (Å²) >= 11 is 0. The van der Waals surface area contributed by atoms with E-state index in [1.54, 1.807) is 0 Å². The van der Waals surface area contributed by atoms with E-state index in [0.717, 1.165) is 25.7 Å². The Balaban J connectivity index is 0.000000265. The fraction of sp³-hybridized carbons (Fsp3) is 0.909. The van der Waals surface area contributed by atoms with Crippen molar-refractivity contribution in [2.24, 2.45) is 0 Å². The molecule has 4 nitrogen and oxygen atoms in total. The van der Waals surface area contributed by atoms with Crippen molar-refractivity contribution in [3.8, 4) is 0 Å². The summed E-state index contributed by atoms with van der Waals surface area (Å²) in [4.78, 5) is 9.60. The Hall–Kier alpha value is -0.610. The lowest BCUT2D eigenvalue weighted by Gasteiger charge is -2.22. The average Bonchev–Trinajstić information content (AvgIpc) is 2.18. The monoisotopic (exact) mass is 216 g/mol. The van der Waals surface area contributed by atoms with Gasteiger partial charge in [0, 0.05) is 25.7 Å². The highest BCUT2D eigenvalue weighted by atomic mass is 16.5. The van der Waals surface area contributed by atoms with E-state index >= 15 is 0 Å². The maximum absolute atomic E-state index is 9.60. The highest BCUT2D eigenvalue weighted by Gasteiger charge is 2.08. The summed E-state index contributed by atoms with van der Waals surface area (Å²) in [5, 5.41) is 6.73. The summed E-state index contributed by atoms with van der Waals surface area (Å²) in [5.41, 5.74) is -0.318. The third-order valence-electron chi connectivity index (χ3n) is 2.02. The molecular weight excluding hydrogens is 192 g/mol. The zero-order valence-corrected chi connectivity index (χ0v) is 10.3. The first kappa shape index (κ1) is 14.4. The molecule has 90 valence electrons. The van der Waals surface area contributed by atoms with Gasteiger partial charge in [-0.1, -0.05) is 6.92 Å². The molecule has 0 saturated carbocycles. The molecule has 0 spiro atoms. The number of ether oxygens (including phenoxy) is 1. The molecule has 0 aromatic carbocycles. The second-order valence-corrected chi connectivity index (χ2v) is 4.59. The minimum absolute atomic E-state index is 0.318. The van der Waals surface area contributed by atoms with Gasteiger partial charge in [0.1, 0.15) is 5.60 Å². The van der Waals surface area contributed by atoms with Crippen LogP contribution in [0.1, 0.15) is 34.1 Å². The molecule has 0 amide bonds. The van der Waals surface area contributed by atoms with E-state index in [-0.39, 0.29) is 5.60 Å². The van der Waals surface area contributed by atoms with Gasteiger partial charge in [-0.05, 0) is 27.2 Å². The van der Waals surface area contributed by atoms with Gasteiger partial charge in [0.15, 0.2) is 0 Å². The first-order valence-electron chi connectivity index (χ1n) is 5.55. The van der Waals surface area contributed by atoms with E-state index < -0.39 is 0 Å². The van der Waals surface area contributed by atoms with Crippen molar-refractivity contribution < 1.29 is 9.53 Å². The molecule has 15 heavy (non-hydrogen) atoms. The van der Waals surface area contributed by atoms with Gasteiger partial charge in [0.2, 0.25) is 0 Å². The van der Waals surface area contributed by atoms with E-state index in [1.807, 2.05) is 20.8 Å². The molecule has 1 atom stereocenters. The first-order chi connectivity index (χ1) is 6.99. The molecule has 1 saturated heterocycles. The molecule has 0 bridgehead atoms. The number of carbonyl (C=O) groups excluding carboxylic acids is 1. The summed E-state index contributed by atoms with van der Waals surface area (Å²) in [6.45, 7) is 11.6. The molecule has 2 N–H and O–H groups in total. The van der Waals surface area contributed by atoms with Gasteiger partial charge in [0.05, 0.1) is 0 Å². The zero-order chi connectivity index (χ0) is 11.7. The maximum atomic E-state index is 9.60. The highest BCUT2D eigenvalue weighted by molar-refractivity contribution is 5.37. The Bertz CT molecular complexity index is 160. The van der Waals surface area contributed by atoms with Crippen molar-refractivity contribution in [2.75, 3.05) is 19.6 Å². The summed E-state index contributed by atoms with van der Waals surface area (Å²) in [6.07, 6.45) is 1.24. The van der Waals surface area contributed by atoms with E-state index in [9.17, 15) is 4.79 Å². The van der Waals surface area contributed by atoms with Crippen molar-refractivity contribution in [1.82, 2.24) is 10.6 Å². The fourth-order valence-electron chi connectivity index (χ4n) is 1.15. The smallest absolute Gasteiger partial charge is 0.293 e. The number of rotatable bonds is 2. The van der Waals surface area contributed by atoms with E-state index in [0.29, 0.717) is 6.47 Å². The molecule has 1 aliphatic rings. The van der Waals surface area contributed by atoms with Crippen LogP contribution in [0.3, 0.4) is 0 Å². The minimum Gasteiger partial charge on any atom is -0.462 e. The lowest BCUT2D eigenvalue weighted by atomic mass is 10.2. The predicted octanol–water partition coefficient (Wildman–Crippen LogP) is 0.916. The topological polar surface area (TPSA) is 50.4 Å². The summed E-state index contributed by atoms with van der Waals surface area (Å²) in [7, 11) is 0. The molecule has 1 heterocycles. The van der Waals surface area contributed by atoms with Gasteiger partial charge >= 0.3 is 0 Å². The molecule has 0 radical (unpaired) electrons. The first-order valence-corrected chi connectivity index (χ1v) is 5.55. The van der Waals surface area contributed by atoms with Crippen molar-refractivity contribution >= 4 is 6.47 Å². The number of nitrogens with one attached hydrogen (secondary N) is 2. The van der Waals surface area contributed by atoms with Gasteiger partial charge in [0.25, 0.3) is 6.47 Å². The van der Waals surface area contributed by atoms with Gasteiger partial charge in [-0.25, -0.2) is 0 Å². The predicted molar refractivity (Wildman–Crippen MR) is 61.9 cm³/mol. The molecule has 0 unspecified atom stereocenters. The van der Waals surface area contributed by atoms with Crippen LogP contribution in [0.2, 0.25) is 0 Å². The quantitative estimate of drug-likeness (QED) is 0.674. The van der Waals surface area contributed by atoms with Gasteiger partial charge in [-0.2, -0.15) is 0 Å². The molecule has 1 rings (SSSR count). The molecule has 0 aliphatic carbocycles. The fourth-order valence-corrected chi connectivity index (χ4v) is 1.15. The maximum Gasteiger partial charge on any atom is 0.293 e. The summed E-state index contributed by atoms with van der Waals surface area (Å²) in [6, 6.07) is 0.726. The van der Waals surface area contributed by atoms with Crippen molar-refractivity contribution in [3.05, 3.63) is 0 Å². The minimum atomic E-state index is -0.318. The normalized spacial score (nSPS) is 21.2. The Kier molecular flexibility index (Phi) is 7.34.